The molecule has 1 heterocycles. The first-order chi connectivity index (χ1) is 13.0. The van der Waals surface area contributed by atoms with Crippen LogP contribution in [0.4, 0.5) is 17.3 Å². The zero-order valence-electron chi connectivity index (χ0n) is 14.1. The van der Waals surface area contributed by atoms with Gasteiger partial charge in [0.25, 0.3) is 5.91 Å². The summed E-state index contributed by atoms with van der Waals surface area (Å²) >= 11 is 12.2. The Morgan fingerprint density at radius 2 is 1.81 bits per heavy atom. The van der Waals surface area contributed by atoms with Crippen LogP contribution in [0.5, 0.6) is 0 Å². The highest BCUT2D eigenvalue weighted by molar-refractivity contribution is 6.43. The van der Waals surface area contributed by atoms with E-state index in [1.165, 1.54) is 0 Å². The summed E-state index contributed by atoms with van der Waals surface area (Å²) in [5, 5.41) is 15.5. The molecule has 134 valence electrons. The van der Waals surface area contributed by atoms with E-state index in [2.05, 4.69) is 20.6 Å². The van der Waals surface area contributed by atoms with Gasteiger partial charge in [0.15, 0.2) is 0 Å². The van der Waals surface area contributed by atoms with E-state index in [1.54, 1.807) is 55.5 Å². The summed E-state index contributed by atoms with van der Waals surface area (Å²) < 4.78 is 0. The Kier molecular flexibility index (Phi) is 5.55. The lowest BCUT2D eigenvalue weighted by Crippen LogP contribution is -2.16. The number of benzene rings is 2. The summed E-state index contributed by atoms with van der Waals surface area (Å²) in [5.41, 5.74) is 2.03. The Morgan fingerprint density at radius 3 is 2.59 bits per heavy atom. The zero-order chi connectivity index (χ0) is 19.4. The second kappa shape index (κ2) is 8.04. The SMILES string of the molecule is Cc1cc(C(=O)Nc2ccccc2C#N)nc(Nc2cccc(Cl)c2Cl)n1. The van der Waals surface area contributed by atoms with E-state index < -0.39 is 5.91 Å². The van der Waals surface area contributed by atoms with E-state index >= 15 is 0 Å². The lowest BCUT2D eigenvalue weighted by atomic mass is 10.2. The monoisotopic (exact) mass is 397 g/mol. The average molecular weight is 398 g/mol. The Morgan fingerprint density at radius 1 is 1.07 bits per heavy atom. The molecule has 0 fully saturated rings. The van der Waals surface area contributed by atoms with Gasteiger partial charge >= 0.3 is 0 Å². The van der Waals surface area contributed by atoms with E-state index in [0.717, 1.165) is 0 Å². The van der Waals surface area contributed by atoms with Crippen molar-refractivity contribution in [3.63, 3.8) is 0 Å². The molecule has 0 aliphatic carbocycles. The molecular formula is C19H13Cl2N5O. The smallest absolute Gasteiger partial charge is 0.274 e. The van der Waals surface area contributed by atoms with Gasteiger partial charge in [-0.3, -0.25) is 4.79 Å². The Balaban J connectivity index is 1.88. The number of halogens is 2. The summed E-state index contributed by atoms with van der Waals surface area (Å²) in [5.74, 6) is -0.249. The number of carbonyl (C=O) groups is 1. The normalized spacial score (nSPS) is 10.1. The number of anilines is 3. The predicted molar refractivity (Wildman–Crippen MR) is 106 cm³/mol. The number of rotatable bonds is 4. The van der Waals surface area contributed by atoms with Crippen molar-refractivity contribution < 1.29 is 4.79 Å². The van der Waals surface area contributed by atoms with Crippen molar-refractivity contribution in [1.82, 2.24) is 9.97 Å². The molecule has 0 saturated heterocycles. The van der Waals surface area contributed by atoms with Gasteiger partial charge < -0.3 is 10.6 Å². The van der Waals surface area contributed by atoms with E-state index in [4.69, 9.17) is 28.5 Å². The van der Waals surface area contributed by atoms with Crippen molar-refractivity contribution in [3.05, 3.63) is 75.5 Å². The number of aryl methyl sites for hydroxylation is 1. The minimum Gasteiger partial charge on any atom is -0.323 e. The van der Waals surface area contributed by atoms with Crippen LogP contribution in [0, 0.1) is 18.3 Å². The van der Waals surface area contributed by atoms with E-state index in [0.29, 0.717) is 32.7 Å². The highest BCUT2D eigenvalue weighted by atomic mass is 35.5. The van der Waals surface area contributed by atoms with E-state index in [9.17, 15) is 4.79 Å². The number of nitrogens with zero attached hydrogens (tertiary/aromatic N) is 3. The highest BCUT2D eigenvalue weighted by Gasteiger charge is 2.14. The van der Waals surface area contributed by atoms with Crippen molar-refractivity contribution in [3.8, 4) is 6.07 Å². The van der Waals surface area contributed by atoms with Crippen LogP contribution in [0.25, 0.3) is 0 Å². The van der Waals surface area contributed by atoms with Gasteiger partial charge in [-0.1, -0.05) is 41.4 Å². The summed E-state index contributed by atoms with van der Waals surface area (Å²) in [6, 6.07) is 15.4. The third kappa shape index (κ3) is 4.34. The van der Waals surface area contributed by atoms with Crippen LogP contribution in [0.3, 0.4) is 0 Å². The first-order valence-corrected chi connectivity index (χ1v) is 8.60. The number of carbonyl (C=O) groups excluding carboxylic acids is 1. The molecule has 0 atom stereocenters. The number of hydrogen-bond donors (Lipinski definition) is 2. The molecule has 2 N–H and O–H groups in total. The van der Waals surface area contributed by atoms with Gasteiger partial charge in [-0.15, -0.1) is 0 Å². The molecule has 2 aromatic carbocycles. The quantitative estimate of drug-likeness (QED) is 0.648. The third-order valence-electron chi connectivity index (χ3n) is 3.58. The van der Waals surface area contributed by atoms with Crippen molar-refractivity contribution in [2.24, 2.45) is 0 Å². The summed E-state index contributed by atoms with van der Waals surface area (Å²) in [4.78, 5) is 21.1. The number of hydrogen-bond acceptors (Lipinski definition) is 5. The number of nitriles is 1. The molecule has 1 amide bonds. The molecule has 27 heavy (non-hydrogen) atoms. The van der Waals surface area contributed by atoms with E-state index in [-0.39, 0.29) is 11.6 Å². The van der Waals surface area contributed by atoms with Crippen LogP contribution < -0.4 is 10.6 Å². The van der Waals surface area contributed by atoms with Crippen LogP contribution in [-0.4, -0.2) is 15.9 Å². The van der Waals surface area contributed by atoms with Crippen LogP contribution >= 0.6 is 23.2 Å². The number of amides is 1. The Labute approximate surface area is 165 Å². The second-order valence-electron chi connectivity index (χ2n) is 5.56. The molecule has 3 aromatic rings. The molecule has 0 spiro atoms. The van der Waals surface area contributed by atoms with Crippen molar-refractivity contribution in [1.29, 1.82) is 5.26 Å². The largest absolute Gasteiger partial charge is 0.323 e. The molecule has 0 unspecified atom stereocenters. The fourth-order valence-electron chi connectivity index (χ4n) is 2.34. The van der Waals surface area contributed by atoms with Gasteiger partial charge in [-0.05, 0) is 37.3 Å². The lowest BCUT2D eigenvalue weighted by Gasteiger charge is -2.11. The van der Waals surface area contributed by atoms with Crippen LogP contribution in [-0.2, 0) is 0 Å². The topological polar surface area (TPSA) is 90.7 Å². The van der Waals surface area contributed by atoms with Gasteiger partial charge in [0, 0.05) is 5.69 Å². The van der Waals surface area contributed by atoms with Crippen LogP contribution in [0.15, 0.2) is 48.5 Å². The zero-order valence-corrected chi connectivity index (χ0v) is 15.6. The minimum atomic E-state index is -0.455. The minimum absolute atomic E-state index is 0.149. The average Bonchev–Trinajstić information content (AvgIpc) is 2.65. The predicted octanol–water partition coefficient (Wildman–Crippen LogP) is 4.96. The van der Waals surface area contributed by atoms with Gasteiger partial charge in [-0.2, -0.15) is 5.26 Å². The lowest BCUT2D eigenvalue weighted by molar-refractivity contribution is 0.102. The molecule has 0 bridgehead atoms. The first kappa shape index (κ1) is 18.6. The summed E-state index contributed by atoms with van der Waals surface area (Å²) in [6.07, 6.45) is 0. The van der Waals surface area contributed by atoms with Crippen molar-refractivity contribution in [2.45, 2.75) is 6.92 Å². The molecular weight excluding hydrogens is 385 g/mol. The number of aromatic nitrogens is 2. The first-order valence-electron chi connectivity index (χ1n) is 7.85. The Bertz CT molecular complexity index is 1060. The summed E-state index contributed by atoms with van der Waals surface area (Å²) in [6.45, 7) is 1.74. The number of nitrogens with one attached hydrogen (secondary N) is 2. The van der Waals surface area contributed by atoms with Gasteiger partial charge in [0.05, 0.1) is 27.0 Å². The van der Waals surface area contributed by atoms with E-state index in [1.807, 2.05) is 6.07 Å². The molecule has 0 saturated carbocycles. The fraction of sp³-hybridized carbons (Fsp3) is 0.0526. The Hall–Kier alpha value is -3.14. The fourth-order valence-corrected chi connectivity index (χ4v) is 2.69. The van der Waals surface area contributed by atoms with Crippen molar-refractivity contribution >= 4 is 46.4 Å². The van der Waals surface area contributed by atoms with Crippen LogP contribution in [0.1, 0.15) is 21.7 Å². The molecule has 6 nitrogen and oxygen atoms in total. The maximum atomic E-state index is 12.6. The van der Waals surface area contributed by atoms with Crippen LogP contribution in [0.2, 0.25) is 10.0 Å². The third-order valence-corrected chi connectivity index (χ3v) is 4.40. The summed E-state index contributed by atoms with van der Waals surface area (Å²) in [7, 11) is 0. The molecule has 1 aromatic heterocycles. The van der Waals surface area contributed by atoms with Gasteiger partial charge in [0.2, 0.25) is 5.95 Å². The maximum absolute atomic E-state index is 12.6. The van der Waals surface area contributed by atoms with Gasteiger partial charge in [0.1, 0.15) is 11.8 Å². The number of para-hydroxylation sites is 1. The molecule has 0 radical (unpaired) electrons. The molecule has 0 aliphatic heterocycles. The van der Waals surface area contributed by atoms with Crippen molar-refractivity contribution in [2.75, 3.05) is 10.6 Å². The molecule has 8 heteroatoms. The standard InChI is InChI=1S/C19H13Cl2N5O/c1-11-9-16(18(27)24-14-7-3-2-5-12(14)10-22)26-19(23-11)25-15-8-4-6-13(20)17(15)21/h2-9H,1H3,(H,24,27)(H,23,25,26). The highest BCUT2D eigenvalue weighted by Crippen LogP contribution is 2.31. The molecule has 0 aliphatic rings. The molecule has 3 rings (SSSR count). The second-order valence-corrected chi connectivity index (χ2v) is 6.34. The van der Waals surface area contributed by atoms with Gasteiger partial charge in [-0.25, -0.2) is 9.97 Å². The maximum Gasteiger partial charge on any atom is 0.274 e.